The number of ether oxygens (including phenoxy) is 1. The van der Waals surface area contributed by atoms with Gasteiger partial charge in [-0.3, -0.25) is 9.59 Å². The van der Waals surface area contributed by atoms with E-state index in [9.17, 15) is 9.59 Å². The van der Waals surface area contributed by atoms with Crippen LogP contribution in [-0.4, -0.2) is 18.9 Å². The summed E-state index contributed by atoms with van der Waals surface area (Å²) >= 11 is 12.1. The molecule has 0 unspecified atom stereocenters. The zero-order chi connectivity index (χ0) is 20.8. The number of halogens is 2. The summed E-state index contributed by atoms with van der Waals surface area (Å²) in [5.41, 5.74) is 1.71. The van der Waals surface area contributed by atoms with E-state index >= 15 is 0 Å². The highest BCUT2D eigenvalue weighted by atomic mass is 35.5. The summed E-state index contributed by atoms with van der Waals surface area (Å²) in [6, 6.07) is 13.1. The van der Waals surface area contributed by atoms with Gasteiger partial charge in [-0.2, -0.15) is 0 Å². The van der Waals surface area contributed by atoms with E-state index in [1.165, 1.54) is 19.4 Å². The van der Waals surface area contributed by atoms with Crippen LogP contribution in [0.4, 0.5) is 11.4 Å². The predicted octanol–water partition coefficient (Wildman–Crippen LogP) is 5.50. The van der Waals surface area contributed by atoms with Gasteiger partial charge in [0.05, 0.1) is 18.4 Å². The second-order valence-corrected chi connectivity index (χ2v) is 6.69. The van der Waals surface area contributed by atoms with Crippen molar-refractivity contribution in [3.63, 3.8) is 0 Å². The lowest BCUT2D eigenvalue weighted by atomic mass is 10.2. The number of anilines is 2. The Hall–Kier alpha value is -3.22. The summed E-state index contributed by atoms with van der Waals surface area (Å²) in [6.07, 6.45) is 4.33. The molecule has 6 nitrogen and oxygen atoms in total. The second-order valence-electron chi connectivity index (χ2n) is 5.84. The van der Waals surface area contributed by atoms with Crippen LogP contribution in [0.25, 0.3) is 6.08 Å². The van der Waals surface area contributed by atoms with Crippen molar-refractivity contribution in [3.05, 3.63) is 82.2 Å². The van der Waals surface area contributed by atoms with Gasteiger partial charge in [0, 0.05) is 28.0 Å². The molecule has 2 aromatic carbocycles. The van der Waals surface area contributed by atoms with E-state index in [4.69, 9.17) is 32.4 Å². The number of hydrogen-bond donors (Lipinski definition) is 2. The van der Waals surface area contributed by atoms with Crippen LogP contribution >= 0.6 is 23.2 Å². The molecule has 3 rings (SSSR count). The molecule has 0 fully saturated rings. The summed E-state index contributed by atoms with van der Waals surface area (Å²) in [7, 11) is 1.48. The SMILES string of the molecule is COc1c(Cl)cc(Cl)cc1C=CC(=O)Nc1ccc(NC(=O)c2ccco2)cc1. The van der Waals surface area contributed by atoms with Gasteiger partial charge in [-0.05, 0) is 54.6 Å². The van der Waals surface area contributed by atoms with Gasteiger partial charge in [-0.25, -0.2) is 0 Å². The van der Waals surface area contributed by atoms with Crippen LogP contribution in [0.1, 0.15) is 16.1 Å². The molecule has 29 heavy (non-hydrogen) atoms. The molecule has 148 valence electrons. The molecule has 0 atom stereocenters. The van der Waals surface area contributed by atoms with Crippen molar-refractivity contribution in [1.29, 1.82) is 0 Å². The average Bonchev–Trinajstić information content (AvgIpc) is 3.22. The van der Waals surface area contributed by atoms with Crippen LogP contribution in [0.2, 0.25) is 10.0 Å². The molecule has 1 heterocycles. The van der Waals surface area contributed by atoms with Crippen molar-refractivity contribution in [2.45, 2.75) is 0 Å². The highest BCUT2D eigenvalue weighted by Crippen LogP contribution is 2.33. The Morgan fingerprint density at radius 1 is 1.03 bits per heavy atom. The largest absolute Gasteiger partial charge is 0.495 e. The lowest BCUT2D eigenvalue weighted by Gasteiger charge is -2.08. The third-order valence-electron chi connectivity index (χ3n) is 3.81. The average molecular weight is 431 g/mol. The first-order chi connectivity index (χ1) is 14.0. The van der Waals surface area contributed by atoms with Crippen molar-refractivity contribution in [2.24, 2.45) is 0 Å². The Morgan fingerprint density at radius 3 is 2.34 bits per heavy atom. The quantitative estimate of drug-likeness (QED) is 0.505. The van der Waals surface area contributed by atoms with Crippen molar-refractivity contribution in [2.75, 3.05) is 17.7 Å². The van der Waals surface area contributed by atoms with E-state index in [0.29, 0.717) is 32.7 Å². The molecule has 2 N–H and O–H groups in total. The van der Waals surface area contributed by atoms with E-state index in [0.717, 1.165) is 0 Å². The molecule has 8 heteroatoms. The zero-order valence-corrected chi connectivity index (χ0v) is 16.8. The number of rotatable bonds is 6. The number of hydrogen-bond acceptors (Lipinski definition) is 4. The molecule has 0 aliphatic carbocycles. The van der Waals surface area contributed by atoms with Crippen LogP contribution in [0.15, 0.2) is 65.3 Å². The van der Waals surface area contributed by atoms with Gasteiger partial charge in [0.25, 0.3) is 5.91 Å². The number of methoxy groups -OCH3 is 1. The molecular weight excluding hydrogens is 415 g/mol. The maximum absolute atomic E-state index is 12.2. The molecule has 0 aliphatic heterocycles. The van der Waals surface area contributed by atoms with Crippen molar-refractivity contribution in [1.82, 2.24) is 0 Å². The van der Waals surface area contributed by atoms with Gasteiger partial charge in [0.1, 0.15) is 5.75 Å². The second kappa shape index (κ2) is 9.32. The van der Waals surface area contributed by atoms with Crippen molar-refractivity contribution in [3.8, 4) is 5.75 Å². The highest BCUT2D eigenvalue weighted by molar-refractivity contribution is 6.36. The molecule has 0 saturated carbocycles. The maximum atomic E-state index is 12.2. The zero-order valence-electron chi connectivity index (χ0n) is 15.2. The monoisotopic (exact) mass is 430 g/mol. The third-order valence-corrected chi connectivity index (χ3v) is 4.31. The standard InChI is InChI=1S/C21H16Cl2N2O4/c1-28-20-13(11-14(22)12-17(20)23)4-9-19(26)24-15-5-7-16(8-6-15)25-21(27)18-3-2-10-29-18/h2-12H,1H3,(H,24,26)(H,25,27). The topological polar surface area (TPSA) is 80.6 Å². The van der Waals surface area contributed by atoms with E-state index in [1.807, 2.05) is 0 Å². The van der Waals surface area contributed by atoms with E-state index < -0.39 is 0 Å². The highest BCUT2D eigenvalue weighted by Gasteiger charge is 2.09. The number of carbonyl (C=O) groups is 2. The van der Waals surface area contributed by atoms with E-state index in [-0.39, 0.29) is 17.6 Å². The van der Waals surface area contributed by atoms with Gasteiger partial charge in [0.15, 0.2) is 5.76 Å². The van der Waals surface area contributed by atoms with Gasteiger partial charge >= 0.3 is 0 Å². The van der Waals surface area contributed by atoms with Gasteiger partial charge < -0.3 is 19.8 Å². The maximum Gasteiger partial charge on any atom is 0.291 e. The first kappa shape index (κ1) is 20.5. The summed E-state index contributed by atoms with van der Waals surface area (Å²) in [5.74, 6) is -0.0693. The molecule has 3 aromatic rings. The number of carbonyl (C=O) groups excluding carboxylic acids is 2. The normalized spacial score (nSPS) is 10.7. The first-order valence-electron chi connectivity index (χ1n) is 8.43. The van der Waals surface area contributed by atoms with Gasteiger partial charge in [0.2, 0.25) is 5.91 Å². The Morgan fingerprint density at radius 2 is 1.72 bits per heavy atom. The van der Waals surface area contributed by atoms with Crippen LogP contribution < -0.4 is 15.4 Å². The minimum Gasteiger partial charge on any atom is -0.495 e. The lowest BCUT2D eigenvalue weighted by Crippen LogP contribution is -2.11. The molecule has 0 bridgehead atoms. The summed E-state index contributed by atoms with van der Waals surface area (Å²) in [5, 5.41) is 6.21. The van der Waals surface area contributed by atoms with Crippen molar-refractivity contribution < 1.29 is 18.7 Å². The van der Waals surface area contributed by atoms with Crippen molar-refractivity contribution >= 4 is 52.5 Å². The molecule has 1 aromatic heterocycles. The van der Waals surface area contributed by atoms with E-state index in [2.05, 4.69) is 10.6 Å². The van der Waals surface area contributed by atoms with Crippen LogP contribution in [0.3, 0.4) is 0 Å². The number of benzene rings is 2. The minimum absolute atomic E-state index is 0.212. The Labute approximate surface area is 177 Å². The minimum atomic E-state index is -0.358. The van der Waals surface area contributed by atoms with Gasteiger partial charge in [-0.1, -0.05) is 23.2 Å². The fourth-order valence-electron chi connectivity index (χ4n) is 2.51. The molecule has 0 aliphatic rings. The Balaban J connectivity index is 1.62. The first-order valence-corrected chi connectivity index (χ1v) is 9.19. The third kappa shape index (κ3) is 5.40. The fourth-order valence-corrected chi connectivity index (χ4v) is 3.09. The van der Waals surface area contributed by atoms with E-state index in [1.54, 1.807) is 54.6 Å². The molecule has 0 radical (unpaired) electrons. The summed E-state index contributed by atoms with van der Waals surface area (Å²) in [4.78, 5) is 24.1. The van der Waals surface area contributed by atoms with Crippen LogP contribution in [0, 0.1) is 0 Å². The molecular formula is C21H16Cl2N2O4. The molecule has 2 amide bonds. The number of furan rings is 1. The fraction of sp³-hybridized carbons (Fsp3) is 0.0476. The molecule has 0 saturated heterocycles. The van der Waals surface area contributed by atoms with Crippen LogP contribution in [0.5, 0.6) is 5.75 Å². The Kier molecular flexibility index (Phi) is 6.59. The number of amides is 2. The van der Waals surface area contributed by atoms with Gasteiger partial charge in [-0.15, -0.1) is 0 Å². The lowest BCUT2D eigenvalue weighted by molar-refractivity contribution is -0.111. The summed E-state index contributed by atoms with van der Waals surface area (Å²) < 4.78 is 10.3. The predicted molar refractivity (Wildman–Crippen MR) is 114 cm³/mol. The number of nitrogens with one attached hydrogen (secondary N) is 2. The Bertz CT molecular complexity index is 1050. The van der Waals surface area contributed by atoms with Crippen LogP contribution in [-0.2, 0) is 4.79 Å². The summed E-state index contributed by atoms with van der Waals surface area (Å²) in [6.45, 7) is 0. The smallest absolute Gasteiger partial charge is 0.291 e. The molecule has 0 spiro atoms.